The molecular weight excluding hydrogens is 216 g/mol. The number of hydrogen-bond donors (Lipinski definition) is 1. The number of rotatable bonds is 1. The summed E-state index contributed by atoms with van der Waals surface area (Å²) in [7, 11) is 0. The van der Waals surface area contributed by atoms with Crippen molar-refractivity contribution >= 4 is 6.09 Å². The lowest BCUT2D eigenvalue weighted by atomic mass is 9.74. The van der Waals surface area contributed by atoms with Gasteiger partial charge in [0.1, 0.15) is 11.1 Å². The van der Waals surface area contributed by atoms with Gasteiger partial charge in [0, 0.05) is 0 Å². The molecule has 0 heterocycles. The molecule has 0 bridgehead atoms. The minimum absolute atomic E-state index is 0.175. The number of alkyl carbamates (subject to hydrolysis) is 1. The van der Waals surface area contributed by atoms with Crippen molar-refractivity contribution in [2.75, 3.05) is 0 Å². The maximum Gasteiger partial charge on any atom is 0.408 e. The summed E-state index contributed by atoms with van der Waals surface area (Å²) in [6, 6.07) is 2.27. The van der Waals surface area contributed by atoms with Gasteiger partial charge in [0.2, 0.25) is 0 Å². The number of carbonyl (C=O) groups is 1. The molecule has 1 rings (SSSR count). The zero-order valence-electron chi connectivity index (χ0n) is 11.2. The Kier molecular flexibility index (Phi) is 4.03. The molecule has 17 heavy (non-hydrogen) atoms. The molecule has 4 nitrogen and oxygen atoms in total. The Morgan fingerprint density at radius 2 is 2.12 bits per heavy atom. The molecule has 1 aliphatic rings. The maximum absolute atomic E-state index is 11.8. The highest BCUT2D eigenvalue weighted by atomic mass is 16.6. The Balaban J connectivity index is 2.69. The van der Waals surface area contributed by atoms with Crippen molar-refractivity contribution in [1.82, 2.24) is 5.32 Å². The van der Waals surface area contributed by atoms with Crippen LogP contribution in [0.4, 0.5) is 4.79 Å². The van der Waals surface area contributed by atoms with Gasteiger partial charge >= 0.3 is 6.09 Å². The molecule has 1 amide bonds. The largest absolute Gasteiger partial charge is 0.444 e. The van der Waals surface area contributed by atoms with E-state index >= 15 is 0 Å². The lowest BCUT2D eigenvalue weighted by Gasteiger charge is -2.37. The zero-order valence-corrected chi connectivity index (χ0v) is 11.2. The third-order valence-electron chi connectivity index (χ3n) is 3.22. The summed E-state index contributed by atoms with van der Waals surface area (Å²) >= 11 is 0. The molecule has 4 heteroatoms. The first-order valence-electron chi connectivity index (χ1n) is 6.21. The van der Waals surface area contributed by atoms with E-state index in [1.807, 2.05) is 27.7 Å². The van der Waals surface area contributed by atoms with Crippen molar-refractivity contribution in [2.24, 2.45) is 5.92 Å². The van der Waals surface area contributed by atoms with Gasteiger partial charge in [0.05, 0.1) is 6.07 Å². The lowest BCUT2D eigenvalue weighted by Crippen LogP contribution is -2.54. The standard InChI is InChI=1S/C13H22N2O2/c1-10-7-5-6-8-13(10,9-14)15-11(16)17-12(2,3)4/h10H,5-8H2,1-4H3,(H,15,16)/t10-,13+/m1/s1. The second kappa shape index (κ2) is 4.95. The summed E-state index contributed by atoms with van der Waals surface area (Å²) in [5.41, 5.74) is -1.28. The summed E-state index contributed by atoms with van der Waals surface area (Å²) in [5.74, 6) is 0.175. The van der Waals surface area contributed by atoms with E-state index in [9.17, 15) is 10.1 Å². The third-order valence-corrected chi connectivity index (χ3v) is 3.22. The molecule has 96 valence electrons. The number of hydrogen-bond acceptors (Lipinski definition) is 3. The highest BCUT2D eigenvalue weighted by molar-refractivity contribution is 5.69. The summed E-state index contributed by atoms with van der Waals surface area (Å²) in [6.07, 6.45) is 3.30. The fourth-order valence-corrected chi connectivity index (χ4v) is 2.21. The van der Waals surface area contributed by atoms with Gasteiger partial charge in [-0.05, 0) is 39.5 Å². The molecule has 0 aliphatic heterocycles. The van der Waals surface area contributed by atoms with Crippen LogP contribution in [0.25, 0.3) is 0 Å². The maximum atomic E-state index is 11.8. The highest BCUT2D eigenvalue weighted by Crippen LogP contribution is 2.33. The Hall–Kier alpha value is -1.24. The van der Waals surface area contributed by atoms with Crippen LogP contribution in [0.3, 0.4) is 0 Å². The fraction of sp³-hybridized carbons (Fsp3) is 0.846. The van der Waals surface area contributed by atoms with Crippen molar-refractivity contribution in [3.8, 4) is 6.07 Å². The molecule has 0 unspecified atom stereocenters. The first-order chi connectivity index (χ1) is 7.79. The van der Waals surface area contributed by atoms with E-state index in [1.54, 1.807) is 0 Å². The quantitative estimate of drug-likeness (QED) is 0.763. The predicted molar refractivity (Wildman–Crippen MR) is 65.3 cm³/mol. The van der Waals surface area contributed by atoms with Gasteiger partial charge < -0.3 is 10.1 Å². The monoisotopic (exact) mass is 238 g/mol. The SMILES string of the molecule is C[C@@H]1CCCC[C@@]1(C#N)NC(=O)OC(C)(C)C. The molecular formula is C13H22N2O2. The molecule has 0 saturated heterocycles. The molecule has 1 fully saturated rings. The number of amides is 1. The first kappa shape index (κ1) is 13.8. The molecule has 1 saturated carbocycles. The molecule has 2 atom stereocenters. The minimum atomic E-state index is -0.749. The topological polar surface area (TPSA) is 62.1 Å². The van der Waals surface area contributed by atoms with Crippen molar-refractivity contribution in [3.05, 3.63) is 0 Å². The normalized spacial score (nSPS) is 29.2. The van der Waals surface area contributed by atoms with Crippen molar-refractivity contribution in [3.63, 3.8) is 0 Å². The molecule has 0 aromatic carbocycles. The van der Waals surface area contributed by atoms with E-state index in [-0.39, 0.29) is 5.92 Å². The summed E-state index contributed by atoms with van der Waals surface area (Å²) in [5, 5.41) is 12.1. The minimum Gasteiger partial charge on any atom is -0.444 e. The fourth-order valence-electron chi connectivity index (χ4n) is 2.21. The van der Waals surface area contributed by atoms with Crippen LogP contribution in [0.15, 0.2) is 0 Å². The van der Waals surface area contributed by atoms with E-state index in [0.29, 0.717) is 6.42 Å². The lowest BCUT2D eigenvalue weighted by molar-refractivity contribution is 0.0426. The van der Waals surface area contributed by atoms with E-state index in [2.05, 4.69) is 11.4 Å². The second-order valence-electron chi connectivity index (χ2n) is 5.86. The third kappa shape index (κ3) is 3.62. The Bertz CT molecular complexity index is 327. The van der Waals surface area contributed by atoms with Gasteiger partial charge in [-0.25, -0.2) is 4.79 Å². The summed E-state index contributed by atoms with van der Waals surface area (Å²) < 4.78 is 5.21. The number of carbonyl (C=O) groups excluding carboxylic acids is 1. The van der Waals surface area contributed by atoms with Crippen molar-refractivity contribution in [1.29, 1.82) is 5.26 Å². The van der Waals surface area contributed by atoms with Crippen molar-refractivity contribution < 1.29 is 9.53 Å². The number of nitriles is 1. The number of nitrogens with one attached hydrogen (secondary N) is 1. The van der Waals surface area contributed by atoms with E-state index < -0.39 is 17.2 Å². The average molecular weight is 238 g/mol. The van der Waals surface area contributed by atoms with Gasteiger partial charge in [0.15, 0.2) is 0 Å². The van der Waals surface area contributed by atoms with Crippen LogP contribution in [0.1, 0.15) is 53.4 Å². The molecule has 0 aromatic rings. The van der Waals surface area contributed by atoms with Gasteiger partial charge in [-0.15, -0.1) is 0 Å². The van der Waals surface area contributed by atoms with Crippen LogP contribution in [0, 0.1) is 17.2 Å². The van der Waals surface area contributed by atoms with Crippen LogP contribution in [-0.2, 0) is 4.74 Å². The molecule has 1 N–H and O–H groups in total. The van der Waals surface area contributed by atoms with Gasteiger partial charge in [-0.3, -0.25) is 0 Å². The van der Waals surface area contributed by atoms with E-state index in [1.165, 1.54) is 0 Å². The van der Waals surface area contributed by atoms with Crippen LogP contribution in [-0.4, -0.2) is 17.2 Å². The summed E-state index contributed by atoms with van der Waals surface area (Å²) in [4.78, 5) is 11.8. The number of ether oxygens (including phenoxy) is 1. The first-order valence-corrected chi connectivity index (χ1v) is 6.21. The Labute approximate surface area is 103 Å². The van der Waals surface area contributed by atoms with Crippen LogP contribution >= 0.6 is 0 Å². The average Bonchev–Trinajstić information content (AvgIpc) is 2.19. The zero-order chi connectivity index (χ0) is 13.1. The number of nitrogens with zero attached hydrogens (tertiary/aromatic N) is 1. The highest BCUT2D eigenvalue weighted by Gasteiger charge is 2.40. The molecule has 0 radical (unpaired) electrons. The Morgan fingerprint density at radius 1 is 1.47 bits per heavy atom. The van der Waals surface area contributed by atoms with Crippen molar-refractivity contribution in [2.45, 2.75) is 64.5 Å². The molecule has 1 aliphatic carbocycles. The van der Waals surface area contributed by atoms with Crippen LogP contribution < -0.4 is 5.32 Å². The smallest absolute Gasteiger partial charge is 0.408 e. The van der Waals surface area contributed by atoms with Gasteiger partial charge in [-0.1, -0.05) is 19.8 Å². The van der Waals surface area contributed by atoms with Gasteiger partial charge in [-0.2, -0.15) is 5.26 Å². The van der Waals surface area contributed by atoms with E-state index in [4.69, 9.17) is 4.74 Å². The molecule has 0 spiro atoms. The Morgan fingerprint density at radius 3 is 2.59 bits per heavy atom. The van der Waals surface area contributed by atoms with Crippen LogP contribution in [0.5, 0.6) is 0 Å². The molecule has 0 aromatic heterocycles. The second-order valence-corrected chi connectivity index (χ2v) is 5.86. The van der Waals surface area contributed by atoms with E-state index in [0.717, 1.165) is 19.3 Å². The van der Waals surface area contributed by atoms with Crippen LogP contribution in [0.2, 0.25) is 0 Å². The summed E-state index contributed by atoms with van der Waals surface area (Å²) in [6.45, 7) is 7.46. The predicted octanol–water partition coefficient (Wildman–Crippen LogP) is 2.98. The van der Waals surface area contributed by atoms with Gasteiger partial charge in [0.25, 0.3) is 0 Å².